The Morgan fingerprint density at radius 2 is 2.00 bits per heavy atom. The Kier molecular flexibility index (Phi) is 5.80. The number of nitrogens with one attached hydrogen (secondary N) is 1. The second-order valence-corrected chi connectivity index (χ2v) is 7.65. The number of carbonyl (C=O) groups is 1. The van der Waals surface area contributed by atoms with Crippen LogP contribution < -0.4 is 5.32 Å². The van der Waals surface area contributed by atoms with Crippen LogP contribution in [0, 0.1) is 5.92 Å². The molecule has 1 N–H and O–H groups in total. The Labute approximate surface area is 150 Å². The lowest BCUT2D eigenvalue weighted by atomic mass is 9.92. The first kappa shape index (κ1) is 17.7. The summed E-state index contributed by atoms with van der Waals surface area (Å²) in [6, 6.07) is 8.57. The maximum absolute atomic E-state index is 13.1. The number of amides is 1. The largest absolute Gasteiger partial charge is 0.333 e. The predicted octanol–water partition coefficient (Wildman–Crippen LogP) is 2.93. The highest BCUT2D eigenvalue weighted by molar-refractivity contribution is 6.30. The van der Waals surface area contributed by atoms with E-state index in [-0.39, 0.29) is 12.0 Å². The lowest BCUT2D eigenvalue weighted by Gasteiger charge is -2.41. The summed E-state index contributed by atoms with van der Waals surface area (Å²) in [6.07, 6.45) is 1.95. The molecule has 2 fully saturated rings. The zero-order valence-corrected chi connectivity index (χ0v) is 15.4. The second-order valence-electron chi connectivity index (χ2n) is 7.21. The number of rotatable bonds is 3. The minimum absolute atomic E-state index is 0.0908. The van der Waals surface area contributed by atoms with E-state index < -0.39 is 0 Å². The van der Waals surface area contributed by atoms with Crippen LogP contribution in [0.15, 0.2) is 24.3 Å². The van der Waals surface area contributed by atoms with Crippen LogP contribution in [0.1, 0.15) is 38.3 Å². The van der Waals surface area contributed by atoms with E-state index in [1.165, 1.54) is 0 Å². The number of benzene rings is 1. The van der Waals surface area contributed by atoms with E-state index in [2.05, 4.69) is 35.0 Å². The number of piperidine rings is 1. The Morgan fingerprint density at radius 1 is 1.25 bits per heavy atom. The zero-order chi connectivity index (χ0) is 17.1. The molecule has 132 valence electrons. The maximum Gasteiger partial charge on any atom is 0.226 e. The third-order valence-electron chi connectivity index (χ3n) is 5.37. The molecule has 2 aliphatic heterocycles. The molecule has 24 heavy (non-hydrogen) atoms. The first-order valence-electron chi connectivity index (χ1n) is 9.07. The van der Waals surface area contributed by atoms with Crippen molar-refractivity contribution in [1.82, 2.24) is 15.1 Å². The number of halogens is 1. The highest BCUT2D eigenvalue weighted by atomic mass is 35.5. The van der Waals surface area contributed by atoms with Gasteiger partial charge >= 0.3 is 0 Å². The Hall–Kier alpha value is -1.10. The van der Waals surface area contributed by atoms with E-state index in [0.29, 0.717) is 11.9 Å². The van der Waals surface area contributed by atoms with Crippen LogP contribution in [0.4, 0.5) is 0 Å². The van der Waals surface area contributed by atoms with Crippen LogP contribution in [0.25, 0.3) is 0 Å². The molecule has 2 saturated heterocycles. The van der Waals surface area contributed by atoms with Gasteiger partial charge in [-0.15, -0.1) is 0 Å². The molecule has 0 saturated carbocycles. The van der Waals surface area contributed by atoms with E-state index in [9.17, 15) is 4.79 Å². The highest BCUT2D eigenvalue weighted by Crippen LogP contribution is 2.29. The molecule has 3 rings (SSSR count). The molecule has 4 nitrogen and oxygen atoms in total. The zero-order valence-electron chi connectivity index (χ0n) is 14.7. The van der Waals surface area contributed by atoms with E-state index in [1.54, 1.807) is 0 Å². The number of likely N-dealkylation sites (tertiary alicyclic amines) is 1. The van der Waals surface area contributed by atoms with Gasteiger partial charge in [-0.3, -0.25) is 4.79 Å². The third kappa shape index (κ3) is 3.93. The number of nitrogens with zero attached hydrogens (tertiary/aromatic N) is 2. The molecule has 1 amide bonds. The lowest BCUT2D eigenvalue weighted by molar-refractivity contribution is -0.140. The average Bonchev–Trinajstić information content (AvgIpc) is 2.61. The van der Waals surface area contributed by atoms with Crippen LogP contribution >= 0.6 is 11.6 Å². The Bertz CT molecular complexity index is 569. The molecule has 5 heteroatoms. The predicted molar refractivity (Wildman–Crippen MR) is 98.2 cm³/mol. The van der Waals surface area contributed by atoms with Crippen LogP contribution in [0.2, 0.25) is 5.02 Å². The molecule has 0 bridgehead atoms. The summed E-state index contributed by atoms with van der Waals surface area (Å²) in [5.74, 6) is 0.490. The number of hydrogen-bond donors (Lipinski definition) is 1. The second kappa shape index (κ2) is 7.85. The average molecular weight is 350 g/mol. The fourth-order valence-electron chi connectivity index (χ4n) is 3.88. The first-order valence-corrected chi connectivity index (χ1v) is 9.45. The Balaban J connectivity index is 1.70. The molecule has 2 heterocycles. The van der Waals surface area contributed by atoms with Crippen molar-refractivity contribution >= 4 is 17.5 Å². The molecule has 1 aromatic carbocycles. The van der Waals surface area contributed by atoms with E-state index >= 15 is 0 Å². The van der Waals surface area contributed by atoms with Crippen molar-refractivity contribution in [3.05, 3.63) is 34.9 Å². The van der Waals surface area contributed by atoms with Gasteiger partial charge in [0.05, 0.1) is 6.04 Å². The summed E-state index contributed by atoms with van der Waals surface area (Å²) >= 11 is 6.16. The molecule has 1 aromatic rings. The molecule has 0 spiro atoms. The van der Waals surface area contributed by atoms with Gasteiger partial charge in [-0.05, 0) is 57.5 Å². The summed E-state index contributed by atoms with van der Waals surface area (Å²) in [5.41, 5.74) is 1.13. The molecule has 2 aliphatic rings. The van der Waals surface area contributed by atoms with Crippen molar-refractivity contribution in [2.45, 2.75) is 38.8 Å². The normalized spacial score (nSPS) is 23.7. The van der Waals surface area contributed by atoms with Gasteiger partial charge in [-0.25, -0.2) is 0 Å². The minimum Gasteiger partial charge on any atom is -0.333 e. The lowest BCUT2D eigenvalue weighted by Crippen LogP contribution is -2.52. The molecule has 0 aliphatic carbocycles. The van der Waals surface area contributed by atoms with Gasteiger partial charge in [-0.1, -0.05) is 23.7 Å². The SMILES string of the molecule is CC(C)N1CCC(C(=O)N2CCNCC2c2cccc(Cl)c2)CC1. The monoisotopic (exact) mass is 349 g/mol. The maximum atomic E-state index is 13.1. The first-order chi connectivity index (χ1) is 11.6. The van der Waals surface area contributed by atoms with Gasteiger partial charge in [0.25, 0.3) is 0 Å². The number of piperazine rings is 1. The smallest absolute Gasteiger partial charge is 0.226 e. The van der Waals surface area contributed by atoms with Crippen molar-refractivity contribution in [1.29, 1.82) is 0 Å². The van der Waals surface area contributed by atoms with Crippen molar-refractivity contribution in [3.63, 3.8) is 0 Å². The van der Waals surface area contributed by atoms with Gasteiger partial charge in [0, 0.05) is 36.6 Å². The molecular weight excluding hydrogens is 322 g/mol. The summed E-state index contributed by atoms with van der Waals surface area (Å²) < 4.78 is 0. The molecular formula is C19H28ClN3O. The van der Waals surface area contributed by atoms with Crippen molar-refractivity contribution in [2.24, 2.45) is 5.92 Å². The van der Waals surface area contributed by atoms with E-state index in [1.807, 2.05) is 18.2 Å². The summed E-state index contributed by atoms with van der Waals surface area (Å²) in [4.78, 5) is 17.7. The van der Waals surface area contributed by atoms with Gasteiger partial charge < -0.3 is 15.1 Å². The Morgan fingerprint density at radius 3 is 2.67 bits per heavy atom. The fourth-order valence-corrected chi connectivity index (χ4v) is 4.08. The minimum atomic E-state index is 0.0908. The number of hydrogen-bond acceptors (Lipinski definition) is 3. The summed E-state index contributed by atoms with van der Waals surface area (Å²) in [7, 11) is 0. The third-order valence-corrected chi connectivity index (χ3v) is 5.60. The van der Waals surface area contributed by atoms with Crippen molar-refractivity contribution in [2.75, 3.05) is 32.7 Å². The van der Waals surface area contributed by atoms with Crippen LogP contribution in [-0.4, -0.2) is 54.5 Å². The van der Waals surface area contributed by atoms with Gasteiger partial charge in [-0.2, -0.15) is 0 Å². The molecule has 0 radical (unpaired) electrons. The topological polar surface area (TPSA) is 35.6 Å². The van der Waals surface area contributed by atoms with Crippen molar-refractivity contribution < 1.29 is 4.79 Å². The fraction of sp³-hybridized carbons (Fsp3) is 0.632. The molecule has 0 aromatic heterocycles. The molecule has 1 atom stereocenters. The van der Waals surface area contributed by atoms with Crippen LogP contribution in [0.3, 0.4) is 0 Å². The summed E-state index contributed by atoms with van der Waals surface area (Å²) in [6.45, 7) is 8.97. The van der Waals surface area contributed by atoms with E-state index in [0.717, 1.165) is 56.2 Å². The summed E-state index contributed by atoms with van der Waals surface area (Å²) in [5, 5.41) is 4.15. The molecule has 1 unspecified atom stereocenters. The van der Waals surface area contributed by atoms with Gasteiger partial charge in [0.1, 0.15) is 0 Å². The van der Waals surface area contributed by atoms with Crippen molar-refractivity contribution in [3.8, 4) is 0 Å². The standard InChI is InChI=1S/C19H28ClN3O/c1-14(2)22-9-6-15(7-10-22)19(24)23-11-8-21-13-18(23)16-4-3-5-17(20)12-16/h3-5,12,14-15,18,21H,6-11,13H2,1-2H3. The highest BCUT2D eigenvalue weighted by Gasteiger charge is 2.34. The number of carbonyl (C=O) groups excluding carboxylic acids is 1. The van der Waals surface area contributed by atoms with E-state index in [4.69, 9.17) is 11.6 Å². The van der Waals surface area contributed by atoms with Crippen LogP contribution in [-0.2, 0) is 4.79 Å². The van der Waals surface area contributed by atoms with Gasteiger partial charge in [0.15, 0.2) is 0 Å². The quantitative estimate of drug-likeness (QED) is 0.911. The van der Waals surface area contributed by atoms with Crippen LogP contribution in [0.5, 0.6) is 0 Å². The van der Waals surface area contributed by atoms with Gasteiger partial charge in [0.2, 0.25) is 5.91 Å².